The summed E-state index contributed by atoms with van der Waals surface area (Å²) in [6.45, 7) is 8.71. The van der Waals surface area contributed by atoms with Gasteiger partial charge in [-0.3, -0.25) is 13.6 Å². The van der Waals surface area contributed by atoms with Crippen molar-refractivity contribution in [3.8, 4) is 12.1 Å². The van der Waals surface area contributed by atoms with Gasteiger partial charge in [-0.25, -0.2) is 19.9 Å². The molecule has 0 unspecified atom stereocenters. The van der Waals surface area contributed by atoms with E-state index >= 15 is 0 Å². The zero-order valence-electron chi connectivity index (χ0n) is 30.6. The van der Waals surface area contributed by atoms with E-state index < -0.39 is 0 Å². The molecule has 2 saturated heterocycles. The molecular formula is C40H48N12O. The lowest BCUT2D eigenvalue weighted by Gasteiger charge is -2.34. The standard InChI is InChI=1S/C20H24N6.C14H14N4O.C6H10N2/c1-13-8-15(25-6-3-14(10-21)4-7-25)9-16(13)18-11-23-19-12-24-20-17(26(18)19)2-5-22-20;1-8-4-9(19)5-10(8)12-6-16-13-7-17-14-11(18(12)13)2-3-15-14;7-5-6-1-3-8-4-2-6/h2,5,11-16,22H,3-4,6-9H2,1H3;2-3,6-8,10,15H,4-5H2,1H3;6,8H,1-4H2/t13-,15+,16+;8-,10+;/m11./s1. The number of nitriles is 2. The minimum atomic E-state index is 0.258. The van der Waals surface area contributed by atoms with Gasteiger partial charge in [-0.2, -0.15) is 10.5 Å². The number of hydrogen-bond donors (Lipinski definition) is 3. The fourth-order valence-electron chi connectivity index (χ4n) is 9.20. The quantitative estimate of drug-likeness (QED) is 0.195. The van der Waals surface area contributed by atoms with Crippen LogP contribution in [-0.4, -0.2) is 81.6 Å². The Morgan fingerprint density at radius 3 is 1.79 bits per heavy atom. The molecule has 6 aromatic rings. The second kappa shape index (κ2) is 15.1. The first-order valence-corrected chi connectivity index (χ1v) is 19.3. The molecule has 2 aliphatic heterocycles. The number of carbonyl (C=O) groups excluding carboxylic acids is 1. The van der Waals surface area contributed by atoms with Gasteiger partial charge in [0, 0.05) is 78.7 Å². The van der Waals surface area contributed by atoms with E-state index in [-0.39, 0.29) is 11.8 Å². The van der Waals surface area contributed by atoms with Crippen molar-refractivity contribution >= 4 is 39.4 Å². The van der Waals surface area contributed by atoms with Crippen LogP contribution < -0.4 is 5.32 Å². The van der Waals surface area contributed by atoms with Crippen molar-refractivity contribution in [2.75, 3.05) is 26.2 Å². The highest BCUT2D eigenvalue weighted by atomic mass is 16.1. The molecule has 0 radical (unpaired) electrons. The molecule has 274 valence electrons. The van der Waals surface area contributed by atoms with E-state index in [0.717, 1.165) is 91.2 Å². The highest BCUT2D eigenvalue weighted by Crippen LogP contribution is 2.43. The van der Waals surface area contributed by atoms with E-state index in [1.165, 1.54) is 18.5 Å². The molecule has 6 aromatic heterocycles. The molecule has 13 nitrogen and oxygen atoms in total. The number of rotatable bonds is 3. The lowest BCUT2D eigenvalue weighted by atomic mass is 9.95. The van der Waals surface area contributed by atoms with Crippen LogP contribution in [0.5, 0.6) is 0 Å². The van der Waals surface area contributed by atoms with Crippen molar-refractivity contribution in [3.63, 3.8) is 0 Å². The van der Waals surface area contributed by atoms with Gasteiger partial charge in [-0.15, -0.1) is 0 Å². The van der Waals surface area contributed by atoms with Crippen LogP contribution >= 0.6 is 0 Å². The maximum atomic E-state index is 11.7. The van der Waals surface area contributed by atoms with Crippen LogP contribution in [0.2, 0.25) is 0 Å². The highest BCUT2D eigenvalue weighted by molar-refractivity contribution is 5.82. The van der Waals surface area contributed by atoms with E-state index in [4.69, 9.17) is 10.5 Å². The van der Waals surface area contributed by atoms with Gasteiger partial charge in [0.1, 0.15) is 5.78 Å². The number of likely N-dealkylation sites (tertiary alicyclic amines) is 1. The average molecular weight is 713 g/mol. The Morgan fingerprint density at radius 1 is 0.698 bits per heavy atom. The van der Waals surface area contributed by atoms with E-state index in [1.807, 2.05) is 30.9 Å². The largest absolute Gasteiger partial charge is 0.345 e. The Balaban J connectivity index is 0.000000129. The van der Waals surface area contributed by atoms with Gasteiger partial charge in [0.05, 0.1) is 35.6 Å². The monoisotopic (exact) mass is 712 g/mol. The van der Waals surface area contributed by atoms with Crippen LogP contribution in [-0.2, 0) is 4.79 Å². The third-order valence-electron chi connectivity index (χ3n) is 12.2. The van der Waals surface area contributed by atoms with Crippen LogP contribution in [0.25, 0.3) is 33.6 Å². The molecule has 3 N–H and O–H groups in total. The molecule has 4 aliphatic rings. The lowest BCUT2D eigenvalue weighted by Crippen LogP contribution is -2.40. The summed E-state index contributed by atoms with van der Waals surface area (Å²) >= 11 is 0. The SMILES string of the molecule is C[C@@H]1CC(=O)C[C@@H]1c1cnc2cnc3[nH]ccc3n12.C[C@@H]1C[C@H](N2CCC(C#N)CC2)C[C@@H]1c1cnc2cnc3[nH]ccc3n12.N#CC1CCNCC1. The minimum absolute atomic E-state index is 0.258. The molecule has 0 spiro atoms. The van der Waals surface area contributed by atoms with Gasteiger partial charge in [0.25, 0.3) is 0 Å². The summed E-state index contributed by atoms with van der Waals surface area (Å²) in [4.78, 5) is 38.5. The second-order valence-corrected chi connectivity index (χ2v) is 15.5. The molecule has 2 aliphatic carbocycles. The van der Waals surface area contributed by atoms with Crippen LogP contribution in [0.1, 0.15) is 88.4 Å². The Kier molecular flexibility index (Phi) is 9.95. The number of piperidine rings is 2. The Bertz CT molecular complexity index is 2290. The molecule has 0 bridgehead atoms. The van der Waals surface area contributed by atoms with Crippen molar-refractivity contribution in [3.05, 3.63) is 60.7 Å². The maximum Gasteiger partial charge on any atom is 0.156 e. The average Bonchev–Trinajstić information content (AvgIpc) is 4.04. The van der Waals surface area contributed by atoms with Crippen LogP contribution in [0, 0.1) is 46.3 Å². The predicted octanol–water partition coefficient (Wildman–Crippen LogP) is 6.13. The van der Waals surface area contributed by atoms with Crippen molar-refractivity contribution in [1.82, 2.24) is 48.9 Å². The highest BCUT2D eigenvalue weighted by Gasteiger charge is 2.38. The van der Waals surface area contributed by atoms with Crippen LogP contribution in [0.4, 0.5) is 0 Å². The molecule has 0 aromatic carbocycles. The topological polar surface area (TPSA) is 172 Å². The van der Waals surface area contributed by atoms with Gasteiger partial charge in [0.2, 0.25) is 0 Å². The van der Waals surface area contributed by atoms with Crippen LogP contribution in [0.15, 0.2) is 49.3 Å². The number of Topliss-reactive ketones (excluding diaryl/α,β-unsaturated/α-hetero) is 1. The smallest absolute Gasteiger partial charge is 0.156 e. The number of nitrogens with zero attached hydrogens (tertiary/aromatic N) is 9. The molecule has 10 rings (SSSR count). The maximum absolute atomic E-state index is 11.7. The summed E-state index contributed by atoms with van der Waals surface area (Å²) in [5.74, 6) is 2.74. The normalized spacial score (nSPS) is 25.7. The molecule has 8 heterocycles. The predicted molar refractivity (Wildman–Crippen MR) is 202 cm³/mol. The summed E-state index contributed by atoms with van der Waals surface area (Å²) in [5.41, 5.74) is 8.11. The number of imidazole rings is 2. The summed E-state index contributed by atoms with van der Waals surface area (Å²) in [7, 11) is 0. The number of fused-ring (bicyclic) bond motifs is 6. The van der Waals surface area contributed by atoms with Gasteiger partial charge in [-0.05, 0) is 88.7 Å². The molecule has 53 heavy (non-hydrogen) atoms. The van der Waals surface area contributed by atoms with Crippen molar-refractivity contribution in [1.29, 1.82) is 10.5 Å². The number of aromatic nitrogens is 8. The molecular weight excluding hydrogens is 665 g/mol. The van der Waals surface area contributed by atoms with E-state index in [0.29, 0.717) is 48.3 Å². The van der Waals surface area contributed by atoms with Crippen molar-refractivity contribution in [2.45, 2.75) is 83.1 Å². The Hall–Kier alpha value is -5.11. The second-order valence-electron chi connectivity index (χ2n) is 15.5. The third kappa shape index (κ3) is 6.92. The Morgan fingerprint density at radius 2 is 1.26 bits per heavy atom. The molecule has 4 fully saturated rings. The van der Waals surface area contributed by atoms with Gasteiger partial charge >= 0.3 is 0 Å². The lowest BCUT2D eigenvalue weighted by molar-refractivity contribution is -0.117. The first kappa shape index (κ1) is 34.9. The van der Waals surface area contributed by atoms with Gasteiger partial charge < -0.3 is 20.2 Å². The van der Waals surface area contributed by atoms with Crippen LogP contribution in [0.3, 0.4) is 0 Å². The van der Waals surface area contributed by atoms with Gasteiger partial charge in [-0.1, -0.05) is 13.8 Å². The summed E-state index contributed by atoms with van der Waals surface area (Å²) in [6.07, 6.45) is 19.2. The van der Waals surface area contributed by atoms with Gasteiger partial charge in [0.15, 0.2) is 22.6 Å². The van der Waals surface area contributed by atoms with Crippen molar-refractivity contribution in [2.24, 2.45) is 23.7 Å². The molecule has 0 amide bonds. The minimum Gasteiger partial charge on any atom is -0.345 e. The summed E-state index contributed by atoms with van der Waals surface area (Å²) in [5, 5.41) is 20.7. The zero-order valence-corrected chi connectivity index (χ0v) is 30.6. The third-order valence-corrected chi connectivity index (χ3v) is 12.2. The molecule has 2 saturated carbocycles. The number of ketones is 1. The zero-order chi connectivity index (χ0) is 36.5. The summed E-state index contributed by atoms with van der Waals surface area (Å²) in [6, 6.07) is 9.42. The first-order valence-electron chi connectivity index (χ1n) is 19.3. The number of aromatic amines is 2. The summed E-state index contributed by atoms with van der Waals surface area (Å²) < 4.78 is 4.41. The number of nitrogens with one attached hydrogen (secondary N) is 3. The fourth-order valence-corrected chi connectivity index (χ4v) is 9.20. The molecule has 5 atom stereocenters. The number of carbonyl (C=O) groups is 1. The van der Waals surface area contributed by atoms with E-state index in [1.54, 1.807) is 6.20 Å². The number of hydrogen-bond acceptors (Lipinski definition) is 9. The van der Waals surface area contributed by atoms with E-state index in [9.17, 15) is 4.79 Å². The Labute approximate surface area is 308 Å². The first-order chi connectivity index (χ1) is 25.9. The molecule has 13 heteroatoms. The van der Waals surface area contributed by atoms with Crippen molar-refractivity contribution < 1.29 is 4.79 Å². The number of H-pyrrole nitrogens is 2. The van der Waals surface area contributed by atoms with E-state index in [2.05, 4.69) is 87.2 Å². The fraction of sp³-hybridized carbons (Fsp3) is 0.525.